The van der Waals surface area contributed by atoms with Gasteiger partial charge >= 0.3 is 18.0 Å². The summed E-state index contributed by atoms with van der Waals surface area (Å²) in [7, 11) is 1.19. The lowest BCUT2D eigenvalue weighted by atomic mass is 9.89. The molecule has 0 bridgehead atoms. The molecule has 2 aromatic rings. The fourth-order valence-electron chi connectivity index (χ4n) is 3.14. The largest absolute Gasteiger partial charge is 0.469 e. The minimum absolute atomic E-state index is 0.000776. The van der Waals surface area contributed by atoms with E-state index in [-0.39, 0.29) is 13.0 Å². The summed E-state index contributed by atoms with van der Waals surface area (Å²) in [6.07, 6.45) is -2.36. The number of rotatable bonds is 9. The number of esters is 2. The van der Waals surface area contributed by atoms with Gasteiger partial charge in [0.15, 0.2) is 0 Å². The Bertz CT molecular complexity index is 909. The Morgan fingerprint density at radius 3 is 2.06 bits per heavy atom. The van der Waals surface area contributed by atoms with Crippen LogP contribution >= 0.6 is 0 Å². The fraction of sp³-hybridized carbons (Fsp3) is 0.400. The van der Waals surface area contributed by atoms with Gasteiger partial charge in [0.25, 0.3) is 0 Å². The highest BCUT2D eigenvalue weighted by Crippen LogP contribution is 2.28. The zero-order valence-corrected chi connectivity index (χ0v) is 19.3. The lowest BCUT2D eigenvalue weighted by Crippen LogP contribution is -2.46. The van der Waals surface area contributed by atoms with Gasteiger partial charge in [0, 0.05) is 0 Å². The predicted molar refractivity (Wildman–Crippen MR) is 121 cm³/mol. The summed E-state index contributed by atoms with van der Waals surface area (Å²) in [5.74, 6) is -2.61. The number of hydrogen-bond donors (Lipinski definition) is 2. The first-order chi connectivity index (χ1) is 15.6. The van der Waals surface area contributed by atoms with Gasteiger partial charge in [-0.3, -0.25) is 4.79 Å². The van der Waals surface area contributed by atoms with E-state index in [1.165, 1.54) is 7.11 Å². The van der Waals surface area contributed by atoms with Gasteiger partial charge in [0.2, 0.25) is 0 Å². The molecule has 2 unspecified atom stereocenters. The Hall–Kier alpha value is -3.39. The highest BCUT2D eigenvalue weighted by Gasteiger charge is 2.37. The van der Waals surface area contributed by atoms with Crippen molar-refractivity contribution in [3.05, 3.63) is 71.8 Å². The normalized spacial score (nSPS) is 13.8. The first kappa shape index (κ1) is 25.9. The van der Waals surface area contributed by atoms with Crippen molar-refractivity contribution < 1.29 is 33.7 Å². The summed E-state index contributed by atoms with van der Waals surface area (Å²) < 4.78 is 15.5. The average Bonchev–Trinajstić information content (AvgIpc) is 2.79. The number of aliphatic hydroxyl groups excluding tert-OH is 1. The van der Waals surface area contributed by atoms with E-state index in [0.717, 1.165) is 5.56 Å². The number of carbonyl (C=O) groups is 3. The van der Waals surface area contributed by atoms with Gasteiger partial charge in [-0.15, -0.1) is 0 Å². The number of amides is 1. The van der Waals surface area contributed by atoms with E-state index in [4.69, 9.17) is 14.2 Å². The maximum Gasteiger partial charge on any atom is 0.408 e. The number of methoxy groups -OCH3 is 1. The molecule has 0 saturated heterocycles. The maximum atomic E-state index is 12.8. The third-order valence-corrected chi connectivity index (χ3v) is 4.71. The molecule has 8 nitrogen and oxygen atoms in total. The number of carbonyl (C=O) groups excluding carboxylic acids is 3. The van der Waals surface area contributed by atoms with Crippen molar-refractivity contribution in [1.29, 1.82) is 0 Å². The van der Waals surface area contributed by atoms with E-state index in [1.807, 2.05) is 18.2 Å². The summed E-state index contributed by atoms with van der Waals surface area (Å²) in [6, 6.07) is 16.3. The molecular formula is C25H31NO7. The molecule has 33 heavy (non-hydrogen) atoms. The first-order valence-electron chi connectivity index (χ1n) is 10.6. The second-order valence-corrected chi connectivity index (χ2v) is 8.51. The molecule has 0 fully saturated rings. The van der Waals surface area contributed by atoms with E-state index in [2.05, 4.69) is 5.32 Å². The van der Waals surface area contributed by atoms with Gasteiger partial charge in [-0.05, 0) is 38.3 Å². The second-order valence-electron chi connectivity index (χ2n) is 8.51. The van der Waals surface area contributed by atoms with Crippen LogP contribution in [-0.2, 0) is 30.4 Å². The number of nitrogens with one attached hydrogen (secondary N) is 1. The molecule has 0 aliphatic rings. The van der Waals surface area contributed by atoms with Crippen LogP contribution in [0.5, 0.6) is 0 Å². The van der Waals surface area contributed by atoms with Crippen LogP contribution in [0.4, 0.5) is 4.79 Å². The van der Waals surface area contributed by atoms with Crippen LogP contribution in [0.25, 0.3) is 0 Å². The zero-order chi connectivity index (χ0) is 24.4. The Kier molecular flexibility index (Phi) is 9.42. The van der Waals surface area contributed by atoms with Crippen molar-refractivity contribution in [2.45, 2.75) is 51.5 Å². The fourth-order valence-corrected chi connectivity index (χ4v) is 3.14. The topological polar surface area (TPSA) is 111 Å². The molecule has 0 heterocycles. The van der Waals surface area contributed by atoms with E-state index >= 15 is 0 Å². The van der Waals surface area contributed by atoms with Gasteiger partial charge in [-0.25, -0.2) is 9.59 Å². The number of ether oxygens (including phenoxy) is 3. The average molecular weight is 458 g/mol. The molecular weight excluding hydrogens is 426 g/mol. The molecule has 0 radical (unpaired) electrons. The van der Waals surface area contributed by atoms with Crippen LogP contribution in [0.1, 0.15) is 44.4 Å². The van der Waals surface area contributed by atoms with Crippen molar-refractivity contribution in [2.24, 2.45) is 5.92 Å². The van der Waals surface area contributed by atoms with Crippen molar-refractivity contribution in [2.75, 3.05) is 7.11 Å². The molecule has 0 saturated carbocycles. The van der Waals surface area contributed by atoms with E-state index in [1.54, 1.807) is 63.2 Å². The Labute approximate surface area is 193 Å². The van der Waals surface area contributed by atoms with Gasteiger partial charge in [-0.1, -0.05) is 60.7 Å². The smallest absolute Gasteiger partial charge is 0.408 e. The van der Waals surface area contributed by atoms with Gasteiger partial charge in [0.1, 0.15) is 18.2 Å². The maximum absolute atomic E-state index is 12.8. The molecule has 8 heteroatoms. The summed E-state index contributed by atoms with van der Waals surface area (Å²) in [5.41, 5.74) is 0.417. The lowest BCUT2D eigenvalue weighted by molar-refractivity contribution is -0.159. The van der Waals surface area contributed by atoms with E-state index in [0.29, 0.717) is 5.56 Å². The Balaban J connectivity index is 2.20. The number of alkyl carbamates (subject to hydrolysis) is 1. The van der Waals surface area contributed by atoms with Crippen LogP contribution in [0.3, 0.4) is 0 Å². The van der Waals surface area contributed by atoms with Crippen LogP contribution < -0.4 is 5.32 Å². The lowest BCUT2D eigenvalue weighted by Gasteiger charge is -2.28. The molecule has 178 valence electrons. The van der Waals surface area contributed by atoms with Crippen LogP contribution in [-0.4, -0.2) is 41.9 Å². The monoisotopic (exact) mass is 457 g/mol. The van der Waals surface area contributed by atoms with E-state index < -0.39 is 41.7 Å². The van der Waals surface area contributed by atoms with Crippen molar-refractivity contribution in [3.63, 3.8) is 0 Å². The van der Waals surface area contributed by atoms with Crippen molar-refractivity contribution >= 4 is 18.0 Å². The molecule has 2 aromatic carbocycles. The number of aliphatic hydroxyl groups is 1. The Morgan fingerprint density at radius 1 is 0.939 bits per heavy atom. The second kappa shape index (κ2) is 12.0. The van der Waals surface area contributed by atoms with Crippen LogP contribution in [0, 0.1) is 5.92 Å². The van der Waals surface area contributed by atoms with Gasteiger partial charge < -0.3 is 24.6 Å². The highest BCUT2D eigenvalue weighted by atomic mass is 16.6. The summed E-state index contributed by atoms with van der Waals surface area (Å²) in [4.78, 5) is 37.8. The molecule has 0 aliphatic heterocycles. The summed E-state index contributed by atoms with van der Waals surface area (Å²) in [6.45, 7) is 5.06. The zero-order valence-electron chi connectivity index (χ0n) is 19.3. The molecule has 3 atom stereocenters. The molecule has 0 aromatic heterocycles. The predicted octanol–water partition coefficient (Wildman–Crippen LogP) is 3.54. The third-order valence-electron chi connectivity index (χ3n) is 4.71. The molecule has 0 aliphatic carbocycles. The minimum Gasteiger partial charge on any atom is -0.469 e. The molecule has 0 spiro atoms. The van der Waals surface area contributed by atoms with Crippen molar-refractivity contribution in [1.82, 2.24) is 5.32 Å². The SMILES string of the molecule is COC(=O)C(C[C@H](NC(=O)OCc1ccccc1)C(=O)OC(C)(C)C)C(O)c1ccccc1. The van der Waals surface area contributed by atoms with Gasteiger partial charge in [-0.2, -0.15) is 0 Å². The quantitative estimate of drug-likeness (QED) is 0.438. The minimum atomic E-state index is -1.26. The van der Waals surface area contributed by atoms with E-state index in [9.17, 15) is 19.5 Å². The molecule has 2 N–H and O–H groups in total. The first-order valence-corrected chi connectivity index (χ1v) is 10.6. The summed E-state index contributed by atoms with van der Waals surface area (Å²) >= 11 is 0. The standard InChI is InChI=1S/C25H31NO7/c1-25(2,3)33-23(29)20(26-24(30)32-16-17-11-7-5-8-12-17)15-19(22(28)31-4)21(27)18-13-9-6-10-14-18/h5-14,19-21,27H,15-16H2,1-4H3,(H,26,30)/t19?,20-,21?/m0/s1. The molecule has 2 rings (SSSR count). The van der Waals surface area contributed by atoms with Crippen LogP contribution in [0.15, 0.2) is 60.7 Å². The number of hydrogen-bond acceptors (Lipinski definition) is 7. The summed E-state index contributed by atoms with van der Waals surface area (Å²) in [5, 5.41) is 13.3. The Morgan fingerprint density at radius 2 is 1.52 bits per heavy atom. The number of benzene rings is 2. The van der Waals surface area contributed by atoms with Gasteiger partial charge in [0.05, 0.1) is 19.1 Å². The highest BCUT2D eigenvalue weighted by molar-refractivity contribution is 5.83. The third kappa shape index (κ3) is 8.57. The van der Waals surface area contributed by atoms with Crippen molar-refractivity contribution in [3.8, 4) is 0 Å². The van der Waals surface area contributed by atoms with Crippen LogP contribution in [0.2, 0.25) is 0 Å². The molecule has 1 amide bonds.